The molecule has 0 atom stereocenters. The van der Waals surface area contributed by atoms with E-state index < -0.39 is 23.4 Å². The van der Waals surface area contributed by atoms with E-state index in [0.717, 1.165) is 12.1 Å². The summed E-state index contributed by atoms with van der Waals surface area (Å²) in [5.74, 6) is -3.27. The lowest BCUT2D eigenvalue weighted by Crippen LogP contribution is -2.48. The van der Waals surface area contributed by atoms with Crippen molar-refractivity contribution in [1.82, 2.24) is 14.8 Å². The summed E-state index contributed by atoms with van der Waals surface area (Å²) in [6.45, 7) is 0.618. The molecule has 3 heterocycles. The number of hydrogen-bond donors (Lipinski definition) is 0. The summed E-state index contributed by atoms with van der Waals surface area (Å²) in [6, 6.07) is 5.89. The highest BCUT2D eigenvalue weighted by atomic mass is 19.2. The summed E-state index contributed by atoms with van der Waals surface area (Å²) in [5.41, 5.74) is 0.517. The van der Waals surface area contributed by atoms with Crippen LogP contribution in [-0.2, 0) is 0 Å². The van der Waals surface area contributed by atoms with Gasteiger partial charge in [0.25, 0.3) is 17.7 Å². The maximum atomic E-state index is 13.4. The van der Waals surface area contributed by atoms with Crippen LogP contribution in [0.4, 0.5) is 8.78 Å². The molecule has 0 bridgehead atoms. The fourth-order valence-electron chi connectivity index (χ4n) is 3.55. The highest BCUT2D eigenvalue weighted by Gasteiger charge is 2.42. The molecule has 0 N–H and O–H groups in total. The van der Waals surface area contributed by atoms with E-state index in [4.69, 9.17) is 0 Å². The molecule has 2 aromatic rings. The Hall–Kier alpha value is -3.16. The number of likely N-dealkylation sites (tertiary alicyclic amines) is 1. The Kier molecular flexibility index (Phi) is 4.18. The first-order valence-electron chi connectivity index (χ1n) is 8.54. The second-order valence-electron chi connectivity index (χ2n) is 6.53. The highest BCUT2D eigenvalue weighted by molar-refractivity contribution is 6.20. The van der Waals surface area contributed by atoms with Gasteiger partial charge in [-0.25, -0.2) is 8.78 Å². The first-order valence-corrected chi connectivity index (χ1v) is 8.54. The highest BCUT2D eigenvalue weighted by Crippen LogP contribution is 2.27. The van der Waals surface area contributed by atoms with Crippen LogP contribution in [0.15, 0.2) is 36.5 Å². The van der Waals surface area contributed by atoms with Crippen molar-refractivity contribution in [2.24, 2.45) is 0 Å². The average molecular weight is 371 g/mol. The molecule has 3 amide bonds. The van der Waals surface area contributed by atoms with E-state index in [2.05, 4.69) is 4.98 Å². The molecule has 0 radical (unpaired) electrons. The van der Waals surface area contributed by atoms with Gasteiger partial charge in [0.1, 0.15) is 5.69 Å². The Bertz CT molecular complexity index is 920. The maximum Gasteiger partial charge on any atom is 0.280 e. The fraction of sp³-hybridized carbons (Fsp3) is 0.263. The predicted octanol–water partition coefficient (Wildman–Crippen LogP) is 2.26. The van der Waals surface area contributed by atoms with Crippen LogP contribution in [0.2, 0.25) is 0 Å². The molecule has 27 heavy (non-hydrogen) atoms. The number of nitrogens with zero attached hydrogens (tertiary/aromatic N) is 3. The lowest BCUT2D eigenvalue weighted by molar-refractivity contribution is 0.0477. The number of imide groups is 1. The van der Waals surface area contributed by atoms with Gasteiger partial charge in [-0.05, 0) is 43.2 Å². The molecule has 2 aliphatic heterocycles. The fourth-order valence-corrected chi connectivity index (χ4v) is 3.55. The zero-order valence-corrected chi connectivity index (χ0v) is 14.2. The van der Waals surface area contributed by atoms with Crippen molar-refractivity contribution in [3.05, 3.63) is 65.0 Å². The standard InChI is InChI=1S/C19H15F2N3O3/c20-14-4-3-11(10-15(14)21)17(25)23-8-5-12(6-9-23)24-18(26)13-2-1-7-22-16(13)19(24)27/h1-4,7,10,12H,5-6,8-9H2. The number of aromatic nitrogens is 1. The van der Waals surface area contributed by atoms with Gasteiger partial charge in [0, 0.05) is 30.9 Å². The van der Waals surface area contributed by atoms with Gasteiger partial charge in [0.15, 0.2) is 11.6 Å². The van der Waals surface area contributed by atoms with Gasteiger partial charge in [-0.2, -0.15) is 0 Å². The van der Waals surface area contributed by atoms with Crippen molar-refractivity contribution in [3.8, 4) is 0 Å². The third-order valence-corrected chi connectivity index (χ3v) is 4.96. The summed E-state index contributed by atoms with van der Waals surface area (Å²) in [4.78, 5) is 44.2. The third-order valence-electron chi connectivity index (χ3n) is 4.96. The largest absolute Gasteiger partial charge is 0.338 e. The molecule has 0 spiro atoms. The van der Waals surface area contributed by atoms with E-state index in [-0.39, 0.29) is 23.2 Å². The van der Waals surface area contributed by atoms with E-state index in [9.17, 15) is 23.2 Å². The quantitative estimate of drug-likeness (QED) is 0.760. The number of amides is 3. The Labute approximate surface area is 153 Å². The molecule has 4 rings (SSSR count). The molecule has 8 heteroatoms. The van der Waals surface area contributed by atoms with Crippen molar-refractivity contribution in [2.75, 3.05) is 13.1 Å². The number of carbonyl (C=O) groups excluding carboxylic acids is 3. The van der Waals surface area contributed by atoms with E-state index in [1.54, 1.807) is 12.1 Å². The van der Waals surface area contributed by atoms with Crippen LogP contribution in [0, 0.1) is 11.6 Å². The van der Waals surface area contributed by atoms with Gasteiger partial charge in [-0.3, -0.25) is 24.3 Å². The predicted molar refractivity (Wildman–Crippen MR) is 90.0 cm³/mol. The second kappa shape index (κ2) is 6.53. The second-order valence-corrected chi connectivity index (χ2v) is 6.53. The van der Waals surface area contributed by atoms with Crippen LogP contribution in [-0.4, -0.2) is 51.6 Å². The number of hydrogen-bond acceptors (Lipinski definition) is 4. The molecular weight excluding hydrogens is 356 g/mol. The number of fused-ring (bicyclic) bond motifs is 1. The van der Waals surface area contributed by atoms with Gasteiger partial charge < -0.3 is 4.90 Å². The van der Waals surface area contributed by atoms with Crippen molar-refractivity contribution >= 4 is 17.7 Å². The number of piperidine rings is 1. The van der Waals surface area contributed by atoms with Crippen LogP contribution in [0.5, 0.6) is 0 Å². The average Bonchev–Trinajstić information content (AvgIpc) is 2.94. The monoisotopic (exact) mass is 371 g/mol. The van der Waals surface area contributed by atoms with Crippen LogP contribution in [0.1, 0.15) is 44.0 Å². The summed E-state index contributed by atoms with van der Waals surface area (Å²) >= 11 is 0. The van der Waals surface area contributed by atoms with Crippen LogP contribution in [0.3, 0.4) is 0 Å². The van der Waals surface area contributed by atoms with Crippen molar-refractivity contribution in [1.29, 1.82) is 0 Å². The summed E-state index contributed by atoms with van der Waals surface area (Å²) in [5, 5.41) is 0. The zero-order chi connectivity index (χ0) is 19.1. The molecule has 0 unspecified atom stereocenters. The minimum absolute atomic E-state index is 0.0669. The SMILES string of the molecule is O=C(c1ccc(F)c(F)c1)N1CCC(N2C(=O)c3cccnc3C2=O)CC1. The zero-order valence-electron chi connectivity index (χ0n) is 14.2. The summed E-state index contributed by atoms with van der Waals surface area (Å²) in [6.07, 6.45) is 2.30. The molecule has 6 nitrogen and oxygen atoms in total. The van der Waals surface area contributed by atoms with Crippen LogP contribution >= 0.6 is 0 Å². The Morgan fingerprint density at radius 3 is 2.44 bits per heavy atom. The summed E-state index contributed by atoms with van der Waals surface area (Å²) < 4.78 is 26.4. The number of halogens is 2. The summed E-state index contributed by atoms with van der Waals surface area (Å²) in [7, 11) is 0. The van der Waals surface area contributed by atoms with E-state index >= 15 is 0 Å². The first kappa shape index (κ1) is 17.3. The van der Waals surface area contributed by atoms with Gasteiger partial charge in [0.2, 0.25) is 0 Å². The molecule has 1 fully saturated rings. The third kappa shape index (κ3) is 2.87. The molecule has 0 aliphatic carbocycles. The topological polar surface area (TPSA) is 70.6 Å². The smallest absolute Gasteiger partial charge is 0.280 e. The van der Waals surface area contributed by atoms with Crippen LogP contribution in [0.25, 0.3) is 0 Å². The number of benzene rings is 1. The Morgan fingerprint density at radius 1 is 1.04 bits per heavy atom. The maximum absolute atomic E-state index is 13.4. The first-order chi connectivity index (χ1) is 13.0. The molecule has 2 aliphatic rings. The van der Waals surface area contributed by atoms with Crippen molar-refractivity contribution in [3.63, 3.8) is 0 Å². The molecular formula is C19H15F2N3O3. The molecule has 1 saturated heterocycles. The van der Waals surface area contributed by atoms with E-state index in [1.807, 2.05) is 0 Å². The van der Waals surface area contributed by atoms with Gasteiger partial charge in [-0.15, -0.1) is 0 Å². The van der Waals surface area contributed by atoms with E-state index in [1.165, 1.54) is 22.1 Å². The van der Waals surface area contributed by atoms with E-state index in [0.29, 0.717) is 31.5 Å². The Morgan fingerprint density at radius 2 is 1.78 bits per heavy atom. The lowest BCUT2D eigenvalue weighted by atomic mass is 10.0. The molecule has 1 aromatic carbocycles. The molecule has 0 saturated carbocycles. The number of carbonyl (C=O) groups is 3. The van der Waals surface area contributed by atoms with Gasteiger partial charge >= 0.3 is 0 Å². The normalized spacial score (nSPS) is 17.4. The number of pyridine rings is 1. The van der Waals surface area contributed by atoms with Crippen molar-refractivity contribution in [2.45, 2.75) is 18.9 Å². The van der Waals surface area contributed by atoms with Crippen LogP contribution < -0.4 is 0 Å². The minimum atomic E-state index is -1.07. The number of rotatable bonds is 2. The molecule has 1 aromatic heterocycles. The lowest BCUT2D eigenvalue weighted by Gasteiger charge is -2.35. The molecule has 138 valence electrons. The Balaban J connectivity index is 1.45. The minimum Gasteiger partial charge on any atom is -0.338 e. The van der Waals surface area contributed by atoms with Gasteiger partial charge in [0.05, 0.1) is 5.56 Å². The van der Waals surface area contributed by atoms with Crippen molar-refractivity contribution < 1.29 is 23.2 Å². The van der Waals surface area contributed by atoms with Gasteiger partial charge in [-0.1, -0.05) is 0 Å².